The molecular weight excluding hydrogens is 197 g/mol. The van der Waals surface area contributed by atoms with Gasteiger partial charge in [0, 0.05) is 7.05 Å². The van der Waals surface area contributed by atoms with Gasteiger partial charge in [0.15, 0.2) is 0 Å². The Labute approximate surface area is 86.1 Å². The van der Waals surface area contributed by atoms with Gasteiger partial charge in [-0.25, -0.2) is 9.37 Å². The summed E-state index contributed by atoms with van der Waals surface area (Å²) >= 11 is 0. The van der Waals surface area contributed by atoms with Crippen LogP contribution in [0.2, 0.25) is 0 Å². The van der Waals surface area contributed by atoms with Crippen LogP contribution in [0, 0.1) is 5.82 Å². The summed E-state index contributed by atoms with van der Waals surface area (Å²) in [6.45, 7) is -0.181. The first-order valence-corrected chi connectivity index (χ1v) is 4.62. The highest BCUT2D eigenvalue weighted by Gasteiger charge is 2.14. The van der Waals surface area contributed by atoms with E-state index in [-0.39, 0.29) is 12.4 Å². The van der Waals surface area contributed by atoms with E-state index in [0.717, 1.165) is 0 Å². The Morgan fingerprint density at radius 1 is 1.60 bits per heavy atom. The van der Waals surface area contributed by atoms with Gasteiger partial charge in [-0.05, 0) is 18.2 Å². The van der Waals surface area contributed by atoms with Gasteiger partial charge in [0.2, 0.25) is 0 Å². The fourth-order valence-electron chi connectivity index (χ4n) is 1.59. The number of aryl methyl sites for hydroxylation is 1. The number of nitrogens with zero attached hydrogens (tertiary/aromatic N) is 2. The van der Waals surface area contributed by atoms with Crippen molar-refractivity contribution in [3.63, 3.8) is 0 Å². The van der Waals surface area contributed by atoms with Crippen LogP contribution < -0.4 is 5.73 Å². The lowest BCUT2D eigenvalue weighted by Crippen LogP contribution is -2.18. The maximum Gasteiger partial charge on any atom is 0.128 e. The first-order valence-electron chi connectivity index (χ1n) is 4.62. The van der Waals surface area contributed by atoms with Gasteiger partial charge in [-0.3, -0.25) is 0 Å². The molecule has 0 radical (unpaired) electrons. The molecule has 0 aliphatic heterocycles. The second-order valence-corrected chi connectivity index (χ2v) is 3.45. The van der Waals surface area contributed by atoms with Gasteiger partial charge < -0.3 is 15.4 Å². The van der Waals surface area contributed by atoms with Crippen molar-refractivity contribution in [2.45, 2.75) is 6.04 Å². The van der Waals surface area contributed by atoms with Crippen molar-refractivity contribution in [2.24, 2.45) is 12.8 Å². The average molecular weight is 209 g/mol. The number of halogens is 1. The molecule has 1 aromatic heterocycles. The lowest BCUT2D eigenvalue weighted by molar-refractivity contribution is 0.262. The van der Waals surface area contributed by atoms with E-state index in [4.69, 9.17) is 10.8 Å². The number of aromatic nitrogens is 2. The maximum atomic E-state index is 13.0. The van der Waals surface area contributed by atoms with Crippen LogP contribution in [0.5, 0.6) is 0 Å². The van der Waals surface area contributed by atoms with Crippen molar-refractivity contribution in [1.82, 2.24) is 9.55 Å². The summed E-state index contributed by atoms with van der Waals surface area (Å²) in [5.74, 6) is 0.243. The minimum Gasteiger partial charge on any atom is -0.394 e. The number of aliphatic hydroxyl groups excluding tert-OH is 1. The Morgan fingerprint density at radius 2 is 2.33 bits per heavy atom. The van der Waals surface area contributed by atoms with E-state index < -0.39 is 6.04 Å². The molecular formula is C10H12FN3O. The van der Waals surface area contributed by atoms with Crippen LogP contribution >= 0.6 is 0 Å². The van der Waals surface area contributed by atoms with Crippen LogP contribution in [0.1, 0.15) is 11.9 Å². The lowest BCUT2D eigenvalue weighted by atomic mass is 10.3. The molecule has 80 valence electrons. The van der Waals surface area contributed by atoms with Crippen LogP contribution in [0.15, 0.2) is 18.2 Å². The van der Waals surface area contributed by atoms with Crippen molar-refractivity contribution in [3.8, 4) is 0 Å². The van der Waals surface area contributed by atoms with Crippen LogP contribution in [-0.2, 0) is 7.05 Å². The minimum atomic E-state index is -0.537. The Hall–Kier alpha value is -1.46. The fraction of sp³-hybridized carbons (Fsp3) is 0.300. The third-order valence-electron chi connectivity index (χ3n) is 2.41. The highest BCUT2D eigenvalue weighted by Crippen LogP contribution is 2.19. The highest BCUT2D eigenvalue weighted by molar-refractivity contribution is 5.76. The Bertz CT molecular complexity index is 495. The van der Waals surface area contributed by atoms with E-state index in [1.165, 1.54) is 12.1 Å². The van der Waals surface area contributed by atoms with Gasteiger partial charge in [0.25, 0.3) is 0 Å². The summed E-state index contributed by atoms with van der Waals surface area (Å²) in [5, 5.41) is 8.94. The van der Waals surface area contributed by atoms with Crippen LogP contribution in [0.4, 0.5) is 4.39 Å². The molecule has 2 rings (SSSR count). The minimum absolute atomic E-state index is 0.181. The van der Waals surface area contributed by atoms with E-state index in [2.05, 4.69) is 4.98 Å². The van der Waals surface area contributed by atoms with E-state index in [1.54, 1.807) is 17.7 Å². The SMILES string of the molecule is Cn1c(C(N)CO)nc2ccc(F)cc21. The molecule has 0 bridgehead atoms. The van der Waals surface area contributed by atoms with Crippen LogP contribution in [0.25, 0.3) is 11.0 Å². The third kappa shape index (κ3) is 1.60. The normalized spacial score (nSPS) is 13.3. The van der Waals surface area contributed by atoms with E-state index in [0.29, 0.717) is 16.9 Å². The molecule has 0 fully saturated rings. The summed E-state index contributed by atoms with van der Waals surface area (Å²) in [4.78, 5) is 4.24. The van der Waals surface area contributed by atoms with Gasteiger partial charge >= 0.3 is 0 Å². The summed E-state index contributed by atoms with van der Waals surface area (Å²) in [6, 6.07) is 3.81. The van der Waals surface area contributed by atoms with Crippen LogP contribution in [-0.4, -0.2) is 21.3 Å². The van der Waals surface area contributed by atoms with Crippen LogP contribution in [0.3, 0.4) is 0 Å². The standard InChI is InChI=1S/C10H12FN3O/c1-14-9-4-6(11)2-3-8(9)13-10(14)7(12)5-15/h2-4,7,15H,5,12H2,1H3. The third-order valence-corrected chi connectivity index (χ3v) is 2.41. The molecule has 1 unspecified atom stereocenters. The van der Waals surface area contributed by atoms with Crippen molar-refractivity contribution >= 4 is 11.0 Å². The number of nitrogens with two attached hydrogens (primary N) is 1. The molecule has 0 saturated heterocycles. The number of rotatable bonds is 2. The summed E-state index contributed by atoms with van der Waals surface area (Å²) in [5.41, 5.74) is 7.02. The van der Waals surface area contributed by atoms with Gasteiger partial charge in [0.05, 0.1) is 23.7 Å². The first kappa shape index (κ1) is 10.1. The van der Waals surface area contributed by atoms with E-state index in [1.807, 2.05) is 0 Å². The molecule has 0 aliphatic carbocycles. The Morgan fingerprint density at radius 3 is 3.00 bits per heavy atom. The van der Waals surface area contributed by atoms with Gasteiger partial charge in [-0.15, -0.1) is 0 Å². The Balaban J connectivity index is 2.64. The number of benzene rings is 1. The number of hydrogen-bond donors (Lipinski definition) is 2. The second kappa shape index (κ2) is 3.60. The van der Waals surface area contributed by atoms with Crippen molar-refractivity contribution in [3.05, 3.63) is 29.8 Å². The van der Waals surface area contributed by atoms with Gasteiger partial charge in [-0.2, -0.15) is 0 Å². The molecule has 0 amide bonds. The molecule has 0 spiro atoms. The molecule has 1 heterocycles. The lowest BCUT2D eigenvalue weighted by Gasteiger charge is -2.07. The van der Waals surface area contributed by atoms with Gasteiger partial charge in [0.1, 0.15) is 11.6 Å². The summed E-state index contributed by atoms with van der Waals surface area (Å²) in [6.07, 6.45) is 0. The molecule has 2 aromatic rings. The van der Waals surface area contributed by atoms with Crippen molar-refractivity contribution < 1.29 is 9.50 Å². The smallest absolute Gasteiger partial charge is 0.128 e. The predicted octanol–water partition coefficient (Wildman–Crippen LogP) is 0.704. The molecule has 3 N–H and O–H groups in total. The first-order chi connectivity index (χ1) is 7.13. The van der Waals surface area contributed by atoms with Gasteiger partial charge in [-0.1, -0.05) is 0 Å². The number of fused-ring (bicyclic) bond motifs is 1. The molecule has 0 aliphatic rings. The van der Waals surface area contributed by atoms with E-state index in [9.17, 15) is 4.39 Å². The van der Waals surface area contributed by atoms with Crippen molar-refractivity contribution in [2.75, 3.05) is 6.61 Å². The molecule has 4 nitrogen and oxygen atoms in total. The highest BCUT2D eigenvalue weighted by atomic mass is 19.1. The molecule has 0 saturated carbocycles. The largest absolute Gasteiger partial charge is 0.394 e. The zero-order chi connectivity index (χ0) is 11.0. The zero-order valence-corrected chi connectivity index (χ0v) is 8.31. The molecule has 15 heavy (non-hydrogen) atoms. The topological polar surface area (TPSA) is 64.1 Å². The average Bonchev–Trinajstić information content (AvgIpc) is 2.55. The number of hydrogen-bond acceptors (Lipinski definition) is 3. The quantitative estimate of drug-likeness (QED) is 0.765. The molecule has 1 aromatic carbocycles. The van der Waals surface area contributed by atoms with Crippen molar-refractivity contribution in [1.29, 1.82) is 0 Å². The number of imidazole rings is 1. The monoisotopic (exact) mass is 209 g/mol. The summed E-state index contributed by atoms with van der Waals surface area (Å²) < 4.78 is 14.7. The fourth-order valence-corrected chi connectivity index (χ4v) is 1.59. The number of aliphatic hydroxyl groups is 1. The Kier molecular flexibility index (Phi) is 2.42. The molecule has 1 atom stereocenters. The summed E-state index contributed by atoms with van der Waals surface area (Å²) in [7, 11) is 1.75. The second-order valence-electron chi connectivity index (χ2n) is 3.45. The zero-order valence-electron chi connectivity index (χ0n) is 8.31. The van der Waals surface area contributed by atoms with E-state index >= 15 is 0 Å². The molecule has 5 heteroatoms. The predicted molar refractivity (Wildman–Crippen MR) is 54.7 cm³/mol. The maximum absolute atomic E-state index is 13.0.